The fraction of sp³-hybridized carbons (Fsp3) is 0.111. The lowest BCUT2D eigenvalue weighted by Gasteiger charge is -2.08. The van der Waals surface area contributed by atoms with E-state index in [1.54, 1.807) is 12.3 Å². The van der Waals surface area contributed by atoms with Crippen molar-refractivity contribution in [3.05, 3.63) is 75.7 Å². The molecular weight excluding hydrogens is 306 g/mol. The van der Waals surface area contributed by atoms with Crippen molar-refractivity contribution >= 4 is 23.5 Å². The first-order valence-electron chi connectivity index (χ1n) is 7.28. The van der Waals surface area contributed by atoms with Crippen LogP contribution >= 0.6 is 11.3 Å². The van der Waals surface area contributed by atoms with Gasteiger partial charge in [-0.3, -0.25) is 4.79 Å². The number of hydrazone groups is 1. The van der Waals surface area contributed by atoms with Crippen LogP contribution in [0.15, 0.2) is 59.0 Å². The van der Waals surface area contributed by atoms with Crippen molar-refractivity contribution in [1.82, 2.24) is 9.99 Å². The Balaban J connectivity index is 1.79. The number of para-hydroxylation sites is 1. The third-order valence-corrected chi connectivity index (χ3v) is 4.47. The number of nitrogens with one attached hydrogen (secondary N) is 1. The lowest BCUT2D eigenvalue weighted by atomic mass is 10.2. The van der Waals surface area contributed by atoms with Gasteiger partial charge in [0.15, 0.2) is 0 Å². The van der Waals surface area contributed by atoms with E-state index in [9.17, 15) is 4.79 Å². The highest BCUT2D eigenvalue weighted by molar-refractivity contribution is 7.12. The molecule has 4 nitrogen and oxygen atoms in total. The predicted octanol–water partition coefficient (Wildman–Crippen LogP) is 3.92. The second-order valence-electron chi connectivity index (χ2n) is 5.17. The monoisotopic (exact) mass is 323 g/mol. The number of aryl methyl sites for hydroxylation is 1. The molecule has 2 aromatic heterocycles. The summed E-state index contributed by atoms with van der Waals surface area (Å²) < 4.78 is 2.17. The maximum atomic E-state index is 11.9. The molecular formula is C18H17N3OS. The van der Waals surface area contributed by atoms with Gasteiger partial charge in [-0.25, -0.2) is 5.43 Å². The van der Waals surface area contributed by atoms with E-state index in [0.29, 0.717) is 4.88 Å². The molecule has 0 saturated carbocycles. The summed E-state index contributed by atoms with van der Waals surface area (Å²) in [6, 6.07) is 15.8. The Bertz CT molecular complexity index is 833. The van der Waals surface area contributed by atoms with E-state index < -0.39 is 0 Å². The van der Waals surface area contributed by atoms with Crippen LogP contribution in [-0.2, 0) is 0 Å². The van der Waals surface area contributed by atoms with Crippen LogP contribution in [0.5, 0.6) is 0 Å². The molecule has 116 valence electrons. The largest absolute Gasteiger partial charge is 0.318 e. The van der Waals surface area contributed by atoms with Crippen molar-refractivity contribution in [3.8, 4) is 5.69 Å². The summed E-state index contributed by atoms with van der Waals surface area (Å²) in [5.74, 6) is -0.187. The highest BCUT2D eigenvalue weighted by Gasteiger charge is 2.09. The van der Waals surface area contributed by atoms with Crippen molar-refractivity contribution < 1.29 is 4.79 Å². The molecule has 0 bridgehead atoms. The highest BCUT2D eigenvalue weighted by atomic mass is 32.1. The van der Waals surface area contributed by atoms with E-state index in [1.807, 2.05) is 36.6 Å². The van der Waals surface area contributed by atoms with Crippen LogP contribution in [0.25, 0.3) is 5.69 Å². The molecule has 1 aromatic carbocycles. The van der Waals surface area contributed by atoms with Crippen LogP contribution in [0.4, 0.5) is 0 Å². The van der Waals surface area contributed by atoms with Gasteiger partial charge in [0.05, 0.1) is 11.1 Å². The SMILES string of the molecule is Cc1cc(/C=N\NC(=O)c2cccs2)c(C)n1-c1ccccc1. The summed E-state index contributed by atoms with van der Waals surface area (Å²) in [6.45, 7) is 4.10. The predicted molar refractivity (Wildman–Crippen MR) is 94.6 cm³/mol. The van der Waals surface area contributed by atoms with Crippen molar-refractivity contribution in [2.24, 2.45) is 5.10 Å². The van der Waals surface area contributed by atoms with Crippen molar-refractivity contribution in [3.63, 3.8) is 0 Å². The molecule has 0 radical (unpaired) electrons. The van der Waals surface area contributed by atoms with Crippen molar-refractivity contribution in [2.45, 2.75) is 13.8 Å². The Morgan fingerprint density at radius 2 is 1.96 bits per heavy atom. The van der Waals surface area contributed by atoms with E-state index >= 15 is 0 Å². The Morgan fingerprint density at radius 3 is 2.65 bits per heavy atom. The highest BCUT2D eigenvalue weighted by Crippen LogP contribution is 2.19. The second-order valence-corrected chi connectivity index (χ2v) is 6.12. The van der Waals surface area contributed by atoms with E-state index in [1.165, 1.54) is 11.3 Å². The topological polar surface area (TPSA) is 46.4 Å². The fourth-order valence-corrected chi connectivity index (χ4v) is 3.13. The number of aromatic nitrogens is 1. The maximum absolute atomic E-state index is 11.9. The molecule has 1 amide bonds. The maximum Gasteiger partial charge on any atom is 0.281 e. The number of nitrogens with zero attached hydrogens (tertiary/aromatic N) is 2. The number of amides is 1. The zero-order chi connectivity index (χ0) is 16.2. The summed E-state index contributed by atoms with van der Waals surface area (Å²) in [5, 5.41) is 5.94. The number of carbonyl (C=O) groups is 1. The van der Waals surface area contributed by atoms with Gasteiger partial charge in [0.25, 0.3) is 5.91 Å². The van der Waals surface area contributed by atoms with Crippen LogP contribution in [0.3, 0.4) is 0 Å². The number of benzene rings is 1. The Labute approximate surface area is 139 Å². The Kier molecular flexibility index (Phi) is 4.39. The zero-order valence-corrected chi connectivity index (χ0v) is 13.8. The van der Waals surface area contributed by atoms with Gasteiger partial charge in [0.2, 0.25) is 0 Å². The summed E-state index contributed by atoms with van der Waals surface area (Å²) in [6.07, 6.45) is 1.69. The van der Waals surface area contributed by atoms with Gasteiger partial charge in [0.1, 0.15) is 0 Å². The zero-order valence-electron chi connectivity index (χ0n) is 13.0. The number of rotatable bonds is 4. The van der Waals surface area contributed by atoms with Crippen molar-refractivity contribution in [1.29, 1.82) is 0 Å². The first-order chi connectivity index (χ1) is 11.2. The van der Waals surface area contributed by atoms with Gasteiger partial charge >= 0.3 is 0 Å². The molecule has 0 aliphatic rings. The van der Waals surface area contributed by atoms with Gasteiger partial charge in [-0.05, 0) is 43.5 Å². The quantitative estimate of drug-likeness (QED) is 0.574. The smallest absolute Gasteiger partial charge is 0.281 e. The minimum Gasteiger partial charge on any atom is -0.318 e. The number of carbonyl (C=O) groups excluding carboxylic acids is 1. The van der Waals surface area contributed by atoms with Crippen LogP contribution in [0.2, 0.25) is 0 Å². The molecule has 0 fully saturated rings. The van der Waals surface area contributed by atoms with E-state index in [0.717, 1.165) is 22.6 Å². The molecule has 0 saturated heterocycles. The summed E-state index contributed by atoms with van der Waals surface area (Å²) in [5.41, 5.74) is 6.87. The molecule has 0 atom stereocenters. The molecule has 3 aromatic rings. The molecule has 3 rings (SSSR count). The normalized spacial score (nSPS) is 11.0. The standard InChI is InChI=1S/C18H17N3OS/c1-13-11-15(12-19-20-18(22)17-9-6-10-23-17)14(2)21(13)16-7-4-3-5-8-16/h3-12H,1-2H3,(H,20,22)/b19-12-. The Morgan fingerprint density at radius 1 is 1.17 bits per heavy atom. The van der Waals surface area contributed by atoms with E-state index in [4.69, 9.17) is 0 Å². The first kappa shape index (κ1) is 15.2. The average molecular weight is 323 g/mol. The number of hydrogen-bond acceptors (Lipinski definition) is 3. The van der Waals surface area contributed by atoms with Gasteiger partial charge < -0.3 is 4.57 Å². The van der Waals surface area contributed by atoms with E-state index in [2.05, 4.69) is 40.2 Å². The fourth-order valence-electron chi connectivity index (χ4n) is 2.52. The third kappa shape index (κ3) is 3.24. The number of hydrogen-bond donors (Lipinski definition) is 1. The molecule has 5 heteroatoms. The molecule has 0 aliphatic carbocycles. The minimum atomic E-state index is -0.187. The minimum absolute atomic E-state index is 0.187. The summed E-state index contributed by atoms with van der Waals surface area (Å²) in [4.78, 5) is 12.5. The summed E-state index contributed by atoms with van der Waals surface area (Å²) in [7, 11) is 0. The lowest BCUT2D eigenvalue weighted by Crippen LogP contribution is -2.16. The second kappa shape index (κ2) is 6.62. The van der Waals surface area contributed by atoms with Crippen LogP contribution in [0, 0.1) is 13.8 Å². The van der Waals surface area contributed by atoms with Gasteiger partial charge in [-0.2, -0.15) is 5.10 Å². The van der Waals surface area contributed by atoms with Gasteiger partial charge in [-0.1, -0.05) is 24.3 Å². The lowest BCUT2D eigenvalue weighted by molar-refractivity contribution is 0.0959. The van der Waals surface area contributed by atoms with Crippen LogP contribution in [0.1, 0.15) is 26.6 Å². The molecule has 23 heavy (non-hydrogen) atoms. The van der Waals surface area contributed by atoms with Crippen LogP contribution < -0.4 is 5.43 Å². The third-order valence-electron chi connectivity index (χ3n) is 3.60. The number of thiophene rings is 1. The Hall–Kier alpha value is -2.66. The average Bonchev–Trinajstić information content (AvgIpc) is 3.17. The molecule has 0 spiro atoms. The van der Waals surface area contributed by atoms with Crippen LogP contribution in [-0.4, -0.2) is 16.7 Å². The molecule has 0 aliphatic heterocycles. The van der Waals surface area contributed by atoms with Gasteiger partial charge in [-0.15, -0.1) is 11.3 Å². The molecule has 2 heterocycles. The molecule has 0 unspecified atom stereocenters. The molecule has 1 N–H and O–H groups in total. The van der Waals surface area contributed by atoms with Crippen molar-refractivity contribution in [2.75, 3.05) is 0 Å². The van der Waals surface area contributed by atoms with E-state index in [-0.39, 0.29) is 5.91 Å². The van der Waals surface area contributed by atoms with Gasteiger partial charge in [0, 0.05) is 22.6 Å². The summed E-state index contributed by atoms with van der Waals surface area (Å²) >= 11 is 1.39. The first-order valence-corrected chi connectivity index (χ1v) is 8.16.